The molecule has 0 aliphatic heterocycles. The molecule has 1 aromatic heterocycles. The first-order valence-electron chi connectivity index (χ1n) is 7.40. The molecule has 6 nitrogen and oxygen atoms in total. The van der Waals surface area contributed by atoms with Crippen molar-refractivity contribution in [2.75, 3.05) is 24.6 Å². The summed E-state index contributed by atoms with van der Waals surface area (Å²) in [5.41, 5.74) is 0. The van der Waals surface area contributed by atoms with Crippen LogP contribution in [0.5, 0.6) is 11.5 Å². The van der Waals surface area contributed by atoms with E-state index in [2.05, 4.69) is 4.98 Å². The van der Waals surface area contributed by atoms with Gasteiger partial charge in [-0.3, -0.25) is 4.31 Å². The van der Waals surface area contributed by atoms with Crippen LogP contribution in [0.25, 0.3) is 0 Å². The predicted octanol–water partition coefficient (Wildman–Crippen LogP) is 3.36. The van der Waals surface area contributed by atoms with E-state index in [0.717, 1.165) is 4.31 Å². The molecule has 24 heavy (non-hydrogen) atoms. The normalized spacial score (nSPS) is 11.2. The highest BCUT2D eigenvalue weighted by Crippen LogP contribution is 2.32. The number of aromatic nitrogens is 1. The van der Waals surface area contributed by atoms with Crippen LogP contribution in [0.1, 0.15) is 13.8 Å². The molecule has 0 N–H and O–H groups in total. The second kappa shape index (κ2) is 7.72. The molecule has 2 rings (SSSR count). The molecule has 0 unspecified atom stereocenters. The van der Waals surface area contributed by atoms with Crippen LogP contribution in [-0.4, -0.2) is 33.7 Å². The zero-order valence-corrected chi connectivity index (χ0v) is 15.3. The molecule has 0 fully saturated rings. The maximum absolute atomic E-state index is 12.8. The Bertz CT molecular complexity index is 794. The highest BCUT2D eigenvalue weighted by atomic mass is 35.5. The summed E-state index contributed by atoms with van der Waals surface area (Å²) >= 11 is 5.79. The zero-order chi connectivity index (χ0) is 17.7. The van der Waals surface area contributed by atoms with Crippen molar-refractivity contribution in [1.29, 1.82) is 0 Å². The molecular formula is C16H19ClN2O4S. The third kappa shape index (κ3) is 3.91. The first-order valence-corrected chi connectivity index (χ1v) is 9.22. The first-order chi connectivity index (χ1) is 11.4. The zero-order valence-electron chi connectivity index (χ0n) is 13.7. The van der Waals surface area contributed by atoms with E-state index in [1.165, 1.54) is 31.4 Å². The van der Waals surface area contributed by atoms with Crippen LogP contribution in [0.4, 0.5) is 5.82 Å². The van der Waals surface area contributed by atoms with Crippen LogP contribution in [0.3, 0.4) is 0 Å². The maximum Gasteiger partial charge on any atom is 0.265 e. The number of hydrogen-bond acceptors (Lipinski definition) is 5. The molecule has 1 aromatic carbocycles. The molecule has 130 valence electrons. The van der Waals surface area contributed by atoms with Crippen molar-refractivity contribution in [2.24, 2.45) is 0 Å². The van der Waals surface area contributed by atoms with Crippen molar-refractivity contribution >= 4 is 27.4 Å². The summed E-state index contributed by atoms with van der Waals surface area (Å²) in [4.78, 5) is 4.13. The minimum absolute atomic E-state index is 0.0913. The summed E-state index contributed by atoms with van der Waals surface area (Å²) in [7, 11) is -2.35. The fraction of sp³-hybridized carbons (Fsp3) is 0.312. The van der Waals surface area contributed by atoms with E-state index in [0.29, 0.717) is 29.7 Å². The summed E-state index contributed by atoms with van der Waals surface area (Å²) in [5, 5.41) is 0.434. The Hall–Kier alpha value is -1.99. The Morgan fingerprint density at radius 2 is 1.75 bits per heavy atom. The van der Waals surface area contributed by atoms with Crippen LogP contribution in [0.2, 0.25) is 5.02 Å². The Morgan fingerprint density at radius 1 is 1.08 bits per heavy atom. The van der Waals surface area contributed by atoms with E-state index in [1.54, 1.807) is 12.1 Å². The molecular weight excluding hydrogens is 352 g/mol. The molecule has 1 heterocycles. The average molecular weight is 371 g/mol. The van der Waals surface area contributed by atoms with Gasteiger partial charge in [-0.15, -0.1) is 0 Å². The van der Waals surface area contributed by atoms with E-state index in [4.69, 9.17) is 21.1 Å². The minimum Gasteiger partial charge on any atom is -0.490 e. The fourth-order valence-corrected chi connectivity index (χ4v) is 3.31. The van der Waals surface area contributed by atoms with Gasteiger partial charge in [0.05, 0.1) is 23.1 Å². The first kappa shape index (κ1) is 18.4. The van der Waals surface area contributed by atoms with Crippen molar-refractivity contribution in [2.45, 2.75) is 18.7 Å². The molecule has 0 bridgehead atoms. The summed E-state index contributed by atoms with van der Waals surface area (Å²) in [6.45, 7) is 4.53. The molecule has 0 saturated carbocycles. The van der Waals surface area contributed by atoms with Crippen LogP contribution in [-0.2, 0) is 10.0 Å². The smallest absolute Gasteiger partial charge is 0.265 e. The molecule has 0 saturated heterocycles. The van der Waals surface area contributed by atoms with E-state index < -0.39 is 10.0 Å². The number of nitrogens with zero attached hydrogens (tertiary/aromatic N) is 2. The lowest BCUT2D eigenvalue weighted by atomic mass is 10.3. The van der Waals surface area contributed by atoms with Crippen LogP contribution >= 0.6 is 11.6 Å². The van der Waals surface area contributed by atoms with Gasteiger partial charge in [0.15, 0.2) is 11.5 Å². The molecule has 2 aromatic rings. The maximum atomic E-state index is 12.8. The lowest BCUT2D eigenvalue weighted by molar-refractivity contribution is 0.287. The highest BCUT2D eigenvalue weighted by molar-refractivity contribution is 7.92. The molecule has 0 aliphatic rings. The van der Waals surface area contributed by atoms with Gasteiger partial charge in [-0.2, -0.15) is 0 Å². The number of ether oxygens (including phenoxy) is 2. The number of hydrogen-bond donors (Lipinski definition) is 0. The van der Waals surface area contributed by atoms with E-state index >= 15 is 0 Å². The number of pyridine rings is 1. The van der Waals surface area contributed by atoms with E-state index in [9.17, 15) is 8.42 Å². The van der Waals surface area contributed by atoms with Gasteiger partial charge in [0, 0.05) is 19.3 Å². The monoisotopic (exact) mass is 370 g/mol. The molecule has 0 atom stereocenters. The highest BCUT2D eigenvalue weighted by Gasteiger charge is 2.24. The number of benzene rings is 1. The lowest BCUT2D eigenvalue weighted by Gasteiger charge is -2.19. The third-order valence-corrected chi connectivity index (χ3v) is 5.19. The van der Waals surface area contributed by atoms with Crippen LogP contribution < -0.4 is 13.8 Å². The molecule has 0 spiro atoms. The minimum atomic E-state index is -3.79. The van der Waals surface area contributed by atoms with Gasteiger partial charge >= 0.3 is 0 Å². The van der Waals surface area contributed by atoms with Gasteiger partial charge in [-0.1, -0.05) is 11.6 Å². The number of sulfonamides is 1. The van der Waals surface area contributed by atoms with Crippen molar-refractivity contribution in [3.05, 3.63) is 41.6 Å². The van der Waals surface area contributed by atoms with Gasteiger partial charge in [-0.25, -0.2) is 13.4 Å². The second-order valence-electron chi connectivity index (χ2n) is 4.78. The van der Waals surface area contributed by atoms with Crippen molar-refractivity contribution < 1.29 is 17.9 Å². The van der Waals surface area contributed by atoms with Crippen molar-refractivity contribution in [3.8, 4) is 11.5 Å². The van der Waals surface area contributed by atoms with E-state index in [-0.39, 0.29) is 10.7 Å². The van der Waals surface area contributed by atoms with Crippen LogP contribution in [0, 0.1) is 0 Å². The third-order valence-electron chi connectivity index (χ3n) is 3.21. The predicted molar refractivity (Wildman–Crippen MR) is 93.6 cm³/mol. The van der Waals surface area contributed by atoms with Crippen molar-refractivity contribution in [1.82, 2.24) is 4.98 Å². The van der Waals surface area contributed by atoms with Gasteiger partial charge in [0.25, 0.3) is 10.0 Å². The lowest BCUT2D eigenvalue weighted by Crippen LogP contribution is -2.27. The Morgan fingerprint density at radius 3 is 2.33 bits per heavy atom. The van der Waals surface area contributed by atoms with Crippen molar-refractivity contribution in [3.63, 3.8) is 0 Å². The van der Waals surface area contributed by atoms with Gasteiger partial charge < -0.3 is 9.47 Å². The van der Waals surface area contributed by atoms with Gasteiger partial charge in [-0.05, 0) is 38.1 Å². The Kier molecular flexibility index (Phi) is 5.90. The standard InChI is InChI=1S/C16H19ClN2O4S/c1-4-22-14-8-7-13(10-15(14)23-5-2)24(20,21)19(3)16-9-6-12(17)11-18-16/h6-11H,4-5H2,1-3H3. The van der Waals surface area contributed by atoms with Gasteiger partial charge in [0.2, 0.25) is 0 Å². The fourth-order valence-electron chi connectivity index (χ4n) is 2.03. The summed E-state index contributed by atoms with van der Waals surface area (Å²) < 4.78 is 37.6. The van der Waals surface area contributed by atoms with Crippen LogP contribution in [0.15, 0.2) is 41.4 Å². The molecule has 0 amide bonds. The largest absolute Gasteiger partial charge is 0.490 e. The average Bonchev–Trinajstić information content (AvgIpc) is 2.57. The Balaban J connectivity index is 2.41. The molecule has 0 aliphatic carbocycles. The number of rotatable bonds is 7. The number of anilines is 1. The summed E-state index contributed by atoms with van der Waals surface area (Å²) in [6, 6.07) is 7.65. The quantitative estimate of drug-likeness (QED) is 0.747. The van der Waals surface area contributed by atoms with Gasteiger partial charge in [0.1, 0.15) is 5.82 Å². The van der Waals surface area contributed by atoms with E-state index in [1.807, 2.05) is 13.8 Å². The number of halogens is 1. The summed E-state index contributed by atoms with van der Waals surface area (Å²) in [5.74, 6) is 1.16. The molecule has 0 radical (unpaired) electrons. The molecule has 8 heteroatoms. The Labute approximate surface area is 147 Å². The SMILES string of the molecule is CCOc1ccc(S(=O)(=O)N(C)c2ccc(Cl)cn2)cc1OCC. The topological polar surface area (TPSA) is 68.7 Å². The second-order valence-corrected chi connectivity index (χ2v) is 7.19. The summed E-state index contributed by atoms with van der Waals surface area (Å²) in [6.07, 6.45) is 1.40.